The number of ether oxygens (including phenoxy) is 1. The standard InChI is InChI=1S/C38H35N7O3/c1-20-24-8-11-31(20)45(19-24)38(47)25-13-30-34(33(15-25)48-3)43(2)37(42-30)32-14-23-7-9-28(41-36(23)44(32)18-21-4-5-21)22-6-10-29-27(12-22)35(46)26(16-39)17-40-29/h6-7,9-10,12-15,17,20-21,24,31H,4-5,8,11,18-19H2,1-3H3,(H,40,46)/t20-,24?,31?/m1/s1. The van der Waals surface area contributed by atoms with E-state index in [1.807, 2.05) is 49.5 Å². The first kappa shape index (κ1) is 28.8. The van der Waals surface area contributed by atoms with Gasteiger partial charge in [0, 0.05) is 59.8 Å². The summed E-state index contributed by atoms with van der Waals surface area (Å²) < 4.78 is 10.2. The summed E-state index contributed by atoms with van der Waals surface area (Å²) in [5, 5.41) is 10.8. The van der Waals surface area contributed by atoms with E-state index in [0.29, 0.717) is 46.0 Å². The molecule has 2 unspecified atom stereocenters. The number of benzene rings is 2. The van der Waals surface area contributed by atoms with Crippen LogP contribution in [0.3, 0.4) is 0 Å². The summed E-state index contributed by atoms with van der Waals surface area (Å²) in [6.45, 7) is 3.92. The number of nitrogens with zero attached hydrogens (tertiary/aromatic N) is 6. The van der Waals surface area contributed by atoms with Crippen LogP contribution in [0.1, 0.15) is 48.5 Å². The fraction of sp³-hybridized carbons (Fsp3) is 0.342. The highest BCUT2D eigenvalue weighted by Gasteiger charge is 2.46. The van der Waals surface area contributed by atoms with Crippen LogP contribution in [0.25, 0.3) is 55.7 Å². The van der Waals surface area contributed by atoms with E-state index < -0.39 is 0 Å². The topological polar surface area (TPSA) is 122 Å². The lowest BCUT2D eigenvalue weighted by Crippen LogP contribution is -2.38. The van der Waals surface area contributed by atoms with E-state index in [-0.39, 0.29) is 16.9 Å². The van der Waals surface area contributed by atoms with Gasteiger partial charge in [-0.15, -0.1) is 0 Å². The summed E-state index contributed by atoms with van der Waals surface area (Å²) in [5.74, 6) is 3.17. The quantitative estimate of drug-likeness (QED) is 0.230. The van der Waals surface area contributed by atoms with Gasteiger partial charge in [0.2, 0.25) is 5.43 Å². The van der Waals surface area contributed by atoms with Gasteiger partial charge >= 0.3 is 0 Å². The molecule has 1 aliphatic heterocycles. The first-order valence-electron chi connectivity index (χ1n) is 16.7. The van der Waals surface area contributed by atoms with Crippen molar-refractivity contribution in [2.24, 2.45) is 24.8 Å². The zero-order valence-electron chi connectivity index (χ0n) is 27.2. The molecule has 9 rings (SSSR count). The molecule has 10 nitrogen and oxygen atoms in total. The number of carbonyl (C=O) groups is 1. The Morgan fingerprint density at radius 3 is 2.67 bits per heavy atom. The van der Waals surface area contributed by atoms with Crippen molar-refractivity contribution < 1.29 is 9.53 Å². The summed E-state index contributed by atoms with van der Waals surface area (Å²) in [5.41, 5.74) is 5.99. The number of hydrogen-bond acceptors (Lipinski definition) is 6. The van der Waals surface area contributed by atoms with Gasteiger partial charge in [-0.25, -0.2) is 9.97 Å². The minimum atomic E-state index is -0.294. The monoisotopic (exact) mass is 637 g/mol. The number of piperidine rings is 1. The second kappa shape index (κ2) is 10.5. The van der Waals surface area contributed by atoms with E-state index >= 15 is 0 Å². The molecule has 3 fully saturated rings. The van der Waals surface area contributed by atoms with Gasteiger partial charge in [0.1, 0.15) is 28.5 Å². The number of hydrogen-bond donors (Lipinski definition) is 1. The number of H-pyrrole nitrogens is 1. The molecule has 2 bridgehead atoms. The molecular weight excluding hydrogens is 602 g/mol. The highest BCUT2D eigenvalue weighted by molar-refractivity contribution is 6.00. The van der Waals surface area contributed by atoms with E-state index in [9.17, 15) is 14.9 Å². The number of aromatic amines is 1. The van der Waals surface area contributed by atoms with Gasteiger partial charge in [-0.2, -0.15) is 5.26 Å². The number of amides is 1. The van der Waals surface area contributed by atoms with Crippen molar-refractivity contribution in [1.82, 2.24) is 29.0 Å². The number of aromatic nitrogens is 5. The van der Waals surface area contributed by atoms with Crippen LogP contribution >= 0.6 is 0 Å². The maximum Gasteiger partial charge on any atom is 0.254 e. The van der Waals surface area contributed by atoms with Crippen molar-refractivity contribution in [3.63, 3.8) is 0 Å². The average molecular weight is 638 g/mol. The first-order valence-corrected chi connectivity index (χ1v) is 16.7. The highest BCUT2D eigenvalue weighted by atomic mass is 16.5. The maximum atomic E-state index is 13.8. The summed E-state index contributed by atoms with van der Waals surface area (Å²) in [6, 6.07) is 17.9. The van der Waals surface area contributed by atoms with Crippen molar-refractivity contribution in [2.45, 2.75) is 45.2 Å². The highest BCUT2D eigenvalue weighted by Crippen LogP contribution is 2.44. The average Bonchev–Trinajstić information content (AvgIpc) is 3.51. The van der Waals surface area contributed by atoms with Gasteiger partial charge in [0.15, 0.2) is 5.82 Å². The Morgan fingerprint density at radius 2 is 1.94 bits per heavy atom. The molecule has 0 spiro atoms. The minimum Gasteiger partial charge on any atom is -0.494 e. The van der Waals surface area contributed by atoms with Crippen LogP contribution in [0.15, 0.2) is 59.5 Å². The molecule has 1 amide bonds. The number of imidazole rings is 1. The fourth-order valence-corrected chi connectivity index (χ4v) is 8.21. The number of likely N-dealkylation sites (tertiary alicyclic amines) is 1. The summed E-state index contributed by atoms with van der Waals surface area (Å²) in [7, 11) is 3.64. The maximum absolute atomic E-state index is 13.8. The molecule has 5 heterocycles. The normalized spacial score (nSPS) is 20.3. The molecule has 2 saturated carbocycles. The van der Waals surface area contributed by atoms with Crippen LogP contribution in [0.2, 0.25) is 0 Å². The summed E-state index contributed by atoms with van der Waals surface area (Å²) in [4.78, 5) is 42.1. The molecule has 48 heavy (non-hydrogen) atoms. The lowest BCUT2D eigenvalue weighted by atomic mass is 10.0. The molecule has 1 N–H and O–H groups in total. The van der Waals surface area contributed by atoms with Gasteiger partial charge < -0.3 is 23.8 Å². The number of rotatable bonds is 6. The molecule has 2 aliphatic carbocycles. The lowest BCUT2D eigenvalue weighted by Gasteiger charge is -2.27. The Hall–Kier alpha value is -5.43. The number of aryl methyl sites for hydroxylation is 1. The second-order valence-corrected chi connectivity index (χ2v) is 13.9. The van der Waals surface area contributed by atoms with E-state index in [0.717, 1.165) is 64.4 Å². The predicted molar refractivity (Wildman–Crippen MR) is 184 cm³/mol. The van der Waals surface area contributed by atoms with E-state index in [1.165, 1.54) is 25.5 Å². The number of nitrogens with one attached hydrogen (secondary N) is 1. The second-order valence-electron chi connectivity index (χ2n) is 13.9. The van der Waals surface area contributed by atoms with Crippen LogP contribution in [0.4, 0.5) is 0 Å². The molecule has 2 aromatic carbocycles. The van der Waals surface area contributed by atoms with Crippen molar-refractivity contribution in [3.8, 4) is 34.6 Å². The summed E-state index contributed by atoms with van der Waals surface area (Å²) in [6.07, 6.45) is 6.08. The Balaban J connectivity index is 1.16. The molecule has 240 valence electrons. The Kier molecular flexibility index (Phi) is 6.32. The third-order valence-electron chi connectivity index (χ3n) is 11.1. The Labute approximate surface area is 276 Å². The fourth-order valence-electron chi connectivity index (χ4n) is 8.21. The SMILES string of the molecule is COc1cc(C(=O)N2CC3CCC2[C@@H]3C)cc2nc(-c3cc4ccc(-c5ccc6[nH]cc(C#N)c(=O)c6c5)nc4n3CC3CC3)n(C)c12. The van der Waals surface area contributed by atoms with Crippen molar-refractivity contribution >= 4 is 38.9 Å². The van der Waals surface area contributed by atoms with E-state index in [4.69, 9.17) is 14.7 Å². The lowest BCUT2D eigenvalue weighted by molar-refractivity contribution is 0.0696. The number of carbonyl (C=O) groups excluding carboxylic acids is 1. The molecule has 0 radical (unpaired) electrons. The smallest absolute Gasteiger partial charge is 0.254 e. The molecule has 3 atom stereocenters. The molecule has 1 saturated heterocycles. The predicted octanol–water partition coefficient (Wildman–Crippen LogP) is 6.26. The van der Waals surface area contributed by atoms with Crippen LogP contribution in [-0.4, -0.2) is 54.6 Å². The summed E-state index contributed by atoms with van der Waals surface area (Å²) >= 11 is 0. The van der Waals surface area contributed by atoms with Crippen molar-refractivity contribution in [1.29, 1.82) is 5.26 Å². The van der Waals surface area contributed by atoms with E-state index in [2.05, 4.69) is 38.1 Å². The number of methoxy groups -OCH3 is 1. The minimum absolute atomic E-state index is 0.0561. The molecular formula is C38H35N7O3. The third kappa shape index (κ3) is 4.30. The molecule has 6 aromatic rings. The van der Waals surface area contributed by atoms with Crippen LogP contribution in [-0.2, 0) is 13.6 Å². The third-order valence-corrected chi connectivity index (χ3v) is 11.1. The molecule has 10 heteroatoms. The van der Waals surface area contributed by atoms with Gasteiger partial charge in [-0.05, 0) is 85.9 Å². The van der Waals surface area contributed by atoms with Crippen molar-refractivity contribution in [3.05, 3.63) is 76.1 Å². The van der Waals surface area contributed by atoms with Gasteiger partial charge in [0.05, 0.1) is 24.0 Å². The number of pyridine rings is 2. The zero-order valence-corrected chi connectivity index (χ0v) is 27.2. The Morgan fingerprint density at radius 1 is 1.08 bits per heavy atom. The molecule has 3 aliphatic rings. The number of nitriles is 1. The first-order chi connectivity index (χ1) is 23.3. The zero-order chi connectivity index (χ0) is 32.8. The van der Waals surface area contributed by atoms with Crippen LogP contribution in [0.5, 0.6) is 5.75 Å². The molecule has 4 aromatic heterocycles. The Bertz CT molecular complexity index is 2430. The van der Waals surface area contributed by atoms with E-state index in [1.54, 1.807) is 7.11 Å². The van der Waals surface area contributed by atoms with Gasteiger partial charge in [0.25, 0.3) is 5.91 Å². The van der Waals surface area contributed by atoms with Crippen LogP contribution < -0.4 is 10.2 Å². The largest absolute Gasteiger partial charge is 0.494 e. The number of fused-ring (bicyclic) bond motifs is 5. The van der Waals surface area contributed by atoms with Crippen molar-refractivity contribution in [2.75, 3.05) is 13.7 Å². The van der Waals surface area contributed by atoms with Crippen LogP contribution in [0, 0.1) is 29.1 Å². The van der Waals surface area contributed by atoms with Gasteiger partial charge in [-0.3, -0.25) is 9.59 Å². The van der Waals surface area contributed by atoms with Gasteiger partial charge in [-0.1, -0.05) is 13.0 Å².